The van der Waals surface area contributed by atoms with Gasteiger partial charge in [0.15, 0.2) is 0 Å². The minimum atomic E-state index is -0.586. The van der Waals surface area contributed by atoms with Crippen molar-refractivity contribution < 1.29 is 19.7 Å². The van der Waals surface area contributed by atoms with E-state index in [-0.39, 0.29) is 25.3 Å². The van der Waals surface area contributed by atoms with Crippen molar-refractivity contribution in [3.63, 3.8) is 0 Å². The van der Waals surface area contributed by atoms with Crippen LogP contribution in [0.5, 0.6) is 0 Å². The van der Waals surface area contributed by atoms with E-state index in [1.54, 1.807) is 20.8 Å². The first-order chi connectivity index (χ1) is 8.39. The zero-order valence-corrected chi connectivity index (χ0v) is 11.3. The molecule has 1 heterocycles. The van der Waals surface area contributed by atoms with Gasteiger partial charge in [0.25, 0.3) is 0 Å². The van der Waals surface area contributed by atoms with Gasteiger partial charge >= 0.3 is 6.09 Å². The molecule has 2 N–H and O–H groups in total. The number of amides is 1. The molecule has 0 aromatic heterocycles. The molecule has 0 bridgehead atoms. The third-order valence-electron chi connectivity index (χ3n) is 2.80. The van der Waals surface area contributed by atoms with Crippen molar-refractivity contribution in [2.45, 2.75) is 51.3 Å². The molecule has 1 amide bonds. The molecule has 0 aromatic rings. The molecule has 0 saturated heterocycles. The summed E-state index contributed by atoms with van der Waals surface area (Å²) < 4.78 is 5.33. The third kappa shape index (κ3) is 3.99. The molecule has 0 aliphatic carbocycles. The van der Waals surface area contributed by atoms with E-state index in [0.29, 0.717) is 12.8 Å². The Balaban J connectivity index is 2.86. The lowest BCUT2D eigenvalue weighted by molar-refractivity contribution is -0.00928. The van der Waals surface area contributed by atoms with Crippen LogP contribution < -0.4 is 0 Å². The second-order valence-corrected chi connectivity index (χ2v) is 5.50. The summed E-state index contributed by atoms with van der Waals surface area (Å²) in [6.07, 6.45) is 4.52. The monoisotopic (exact) mass is 257 g/mol. The highest BCUT2D eigenvalue weighted by atomic mass is 16.6. The number of hydrogen-bond donors (Lipinski definition) is 2. The van der Waals surface area contributed by atoms with Crippen LogP contribution in [0.1, 0.15) is 33.6 Å². The highest BCUT2D eigenvalue weighted by molar-refractivity contribution is 5.69. The Morgan fingerprint density at radius 2 is 1.67 bits per heavy atom. The van der Waals surface area contributed by atoms with Gasteiger partial charge in [-0.1, -0.05) is 12.2 Å². The van der Waals surface area contributed by atoms with Crippen LogP contribution in [0.25, 0.3) is 0 Å². The number of nitrogens with zero attached hydrogens (tertiary/aromatic N) is 1. The molecule has 104 valence electrons. The molecule has 2 atom stereocenters. The average Bonchev–Trinajstić information content (AvgIpc) is 2.47. The summed E-state index contributed by atoms with van der Waals surface area (Å²) in [5.41, 5.74) is -0.586. The van der Waals surface area contributed by atoms with E-state index in [2.05, 4.69) is 0 Å². The number of hydrogen-bond acceptors (Lipinski definition) is 4. The molecule has 5 heteroatoms. The van der Waals surface area contributed by atoms with Crippen molar-refractivity contribution in [3.05, 3.63) is 12.2 Å². The fraction of sp³-hybridized carbons (Fsp3) is 0.769. The Kier molecular flexibility index (Phi) is 5.16. The van der Waals surface area contributed by atoms with Crippen LogP contribution in [0.3, 0.4) is 0 Å². The topological polar surface area (TPSA) is 70.0 Å². The number of rotatable bonds is 2. The van der Waals surface area contributed by atoms with Gasteiger partial charge in [0.1, 0.15) is 5.60 Å². The van der Waals surface area contributed by atoms with Crippen molar-refractivity contribution in [3.8, 4) is 0 Å². The first-order valence-electron chi connectivity index (χ1n) is 6.27. The van der Waals surface area contributed by atoms with Gasteiger partial charge in [-0.3, -0.25) is 4.90 Å². The Labute approximate surface area is 108 Å². The van der Waals surface area contributed by atoms with Gasteiger partial charge in [-0.15, -0.1) is 0 Å². The Hall–Kier alpha value is -1.07. The minimum Gasteiger partial charge on any atom is -0.444 e. The van der Waals surface area contributed by atoms with Gasteiger partial charge in [0.2, 0.25) is 0 Å². The minimum absolute atomic E-state index is 0.139. The Bertz CT molecular complexity index is 293. The maximum atomic E-state index is 12.2. The lowest BCUT2D eigenvalue weighted by Crippen LogP contribution is -2.51. The second kappa shape index (κ2) is 6.20. The summed E-state index contributed by atoms with van der Waals surface area (Å²) in [6.45, 7) is 5.11. The lowest BCUT2D eigenvalue weighted by atomic mass is 10.1. The van der Waals surface area contributed by atoms with Crippen molar-refractivity contribution in [2.75, 3.05) is 13.2 Å². The smallest absolute Gasteiger partial charge is 0.410 e. The fourth-order valence-electron chi connectivity index (χ4n) is 1.97. The van der Waals surface area contributed by atoms with E-state index < -0.39 is 11.7 Å². The molecule has 1 aliphatic heterocycles. The quantitative estimate of drug-likeness (QED) is 0.731. The van der Waals surface area contributed by atoms with Crippen LogP contribution in [0.15, 0.2) is 12.2 Å². The highest BCUT2D eigenvalue weighted by Crippen LogP contribution is 2.21. The van der Waals surface area contributed by atoms with Crippen LogP contribution in [0, 0.1) is 0 Å². The zero-order valence-electron chi connectivity index (χ0n) is 11.3. The summed E-state index contributed by atoms with van der Waals surface area (Å²) in [6, 6.07) is -0.675. The van der Waals surface area contributed by atoms with Gasteiger partial charge < -0.3 is 14.9 Å². The SMILES string of the molecule is CC(C)(C)OC(=O)N1[C@H](CO)CC=CC[C@@H]1CO. The Morgan fingerprint density at radius 3 is 2.00 bits per heavy atom. The zero-order chi connectivity index (χ0) is 13.8. The van der Waals surface area contributed by atoms with E-state index in [9.17, 15) is 15.0 Å². The molecule has 1 rings (SSSR count). The molecule has 0 unspecified atom stereocenters. The van der Waals surface area contributed by atoms with Gasteiger partial charge in [0, 0.05) is 0 Å². The van der Waals surface area contributed by atoms with E-state index >= 15 is 0 Å². The number of aliphatic hydroxyl groups is 2. The molecule has 18 heavy (non-hydrogen) atoms. The molecule has 0 spiro atoms. The largest absolute Gasteiger partial charge is 0.444 e. The summed E-state index contributed by atoms with van der Waals surface area (Å²) in [4.78, 5) is 13.6. The molecule has 0 aromatic carbocycles. The van der Waals surface area contributed by atoms with Crippen LogP contribution in [0.4, 0.5) is 4.79 Å². The second-order valence-electron chi connectivity index (χ2n) is 5.50. The Morgan fingerprint density at radius 1 is 1.22 bits per heavy atom. The summed E-state index contributed by atoms with van der Waals surface area (Å²) in [5, 5.41) is 18.8. The maximum absolute atomic E-state index is 12.2. The van der Waals surface area contributed by atoms with E-state index in [4.69, 9.17) is 4.74 Å². The normalized spacial score (nSPS) is 24.8. The van der Waals surface area contributed by atoms with Crippen molar-refractivity contribution in [1.29, 1.82) is 0 Å². The lowest BCUT2D eigenvalue weighted by Gasteiger charge is -2.36. The van der Waals surface area contributed by atoms with Crippen molar-refractivity contribution in [2.24, 2.45) is 0 Å². The van der Waals surface area contributed by atoms with Crippen LogP contribution in [0.2, 0.25) is 0 Å². The summed E-state index contributed by atoms with van der Waals surface area (Å²) in [5.74, 6) is 0. The first-order valence-corrected chi connectivity index (χ1v) is 6.27. The maximum Gasteiger partial charge on any atom is 0.410 e. The standard InChI is InChI=1S/C13H23NO4/c1-13(2,3)18-12(17)14-10(8-15)6-4-5-7-11(14)9-16/h4-5,10-11,15-16H,6-9H2,1-3H3/t10-,11+. The molecule has 0 fully saturated rings. The molecular weight excluding hydrogens is 234 g/mol. The predicted molar refractivity (Wildman–Crippen MR) is 68.2 cm³/mol. The summed E-state index contributed by atoms with van der Waals surface area (Å²) in [7, 11) is 0. The van der Waals surface area contributed by atoms with Gasteiger partial charge in [-0.25, -0.2) is 4.79 Å². The molecule has 0 saturated carbocycles. The molecular formula is C13H23NO4. The highest BCUT2D eigenvalue weighted by Gasteiger charge is 2.33. The van der Waals surface area contributed by atoms with Crippen LogP contribution in [-0.2, 0) is 4.74 Å². The van der Waals surface area contributed by atoms with Crippen molar-refractivity contribution >= 4 is 6.09 Å². The first kappa shape index (κ1) is 15.0. The van der Waals surface area contributed by atoms with Gasteiger partial charge in [-0.2, -0.15) is 0 Å². The predicted octanol–water partition coefficient (Wildman–Crippen LogP) is 1.30. The van der Waals surface area contributed by atoms with E-state index in [1.807, 2.05) is 12.2 Å². The fourth-order valence-corrected chi connectivity index (χ4v) is 1.97. The van der Waals surface area contributed by atoms with Gasteiger partial charge in [-0.05, 0) is 33.6 Å². The molecule has 5 nitrogen and oxygen atoms in total. The number of carbonyl (C=O) groups is 1. The molecule has 0 radical (unpaired) electrons. The summed E-state index contributed by atoms with van der Waals surface area (Å²) >= 11 is 0. The third-order valence-corrected chi connectivity index (χ3v) is 2.80. The van der Waals surface area contributed by atoms with E-state index in [1.165, 1.54) is 4.90 Å². The molecule has 1 aliphatic rings. The van der Waals surface area contributed by atoms with Crippen molar-refractivity contribution in [1.82, 2.24) is 4.90 Å². The number of aliphatic hydroxyl groups excluding tert-OH is 2. The van der Waals surface area contributed by atoms with E-state index in [0.717, 1.165) is 0 Å². The van der Waals surface area contributed by atoms with Crippen LogP contribution >= 0.6 is 0 Å². The average molecular weight is 257 g/mol. The van der Waals surface area contributed by atoms with Crippen LogP contribution in [-0.4, -0.2) is 52.1 Å². The number of ether oxygens (including phenoxy) is 1. The van der Waals surface area contributed by atoms with Gasteiger partial charge in [0.05, 0.1) is 25.3 Å². The number of carbonyl (C=O) groups excluding carboxylic acids is 1.